The van der Waals surface area contributed by atoms with Crippen molar-refractivity contribution in [1.29, 1.82) is 0 Å². The SMILES string of the molecule is CC(NC(=O)c1n[nH]c(C2CC2)n1)c1ccccc1. The van der Waals surface area contributed by atoms with Crippen LogP contribution in [-0.4, -0.2) is 21.1 Å². The summed E-state index contributed by atoms with van der Waals surface area (Å²) >= 11 is 0. The molecule has 1 aliphatic carbocycles. The summed E-state index contributed by atoms with van der Waals surface area (Å²) < 4.78 is 0. The Bertz CT molecular complexity index is 574. The van der Waals surface area contributed by atoms with Crippen LogP contribution in [0.15, 0.2) is 30.3 Å². The molecule has 1 atom stereocenters. The third-order valence-corrected chi connectivity index (χ3v) is 3.32. The van der Waals surface area contributed by atoms with Crippen molar-refractivity contribution in [2.24, 2.45) is 0 Å². The van der Waals surface area contributed by atoms with E-state index in [0.29, 0.717) is 5.92 Å². The van der Waals surface area contributed by atoms with Crippen LogP contribution in [0.5, 0.6) is 0 Å². The second-order valence-corrected chi connectivity index (χ2v) is 4.92. The molecule has 1 aromatic heterocycles. The van der Waals surface area contributed by atoms with E-state index in [4.69, 9.17) is 0 Å². The molecule has 0 aliphatic heterocycles. The smallest absolute Gasteiger partial charge is 0.291 e. The molecule has 1 unspecified atom stereocenters. The second-order valence-electron chi connectivity index (χ2n) is 4.92. The predicted molar refractivity (Wildman–Crippen MR) is 70.7 cm³/mol. The maximum atomic E-state index is 12.0. The fourth-order valence-electron chi connectivity index (χ4n) is 2.00. The number of carbonyl (C=O) groups is 1. The van der Waals surface area contributed by atoms with Crippen molar-refractivity contribution in [3.8, 4) is 0 Å². The molecule has 1 amide bonds. The zero-order valence-electron chi connectivity index (χ0n) is 10.8. The van der Waals surface area contributed by atoms with Crippen LogP contribution in [-0.2, 0) is 0 Å². The summed E-state index contributed by atoms with van der Waals surface area (Å²) in [6, 6.07) is 9.77. The lowest BCUT2D eigenvalue weighted by Crippen LogP contribution is -2.27. The van der Waals surface area contributed by atoms with Crippen LogP contribution in [0.4, 0.5) is 0 Å². The van der Waals surface area contributed by atoms with E-state index in [2.05, 4.69) is 20.5 Å². The summed E-state index contributed by atoms with van der Waals surface area (Å²) in [7, 11) is 0. The molecule has 1 fully saturated rings. The summed E-state index contributed by atoms with van der Waals surface area (Å²) in [6.07, 6.45) is 2.27. The number of aromatic amines is 1. The Morgan fingerprint density at radius 1 is 1.37 bits per heavy atom. The third-order valence-electron chi connectivity index (χ3n) is 3.32. The van der Waals surface area contributed by atoms with Crippen LogP contribution in [0.1, 0.15) is 53.7 Å². The molecular formula is C14H16N4O. The lowest BCUT2D eigenvalue weighted by Gasteiger charge is -2.12. The van der Waals surface area contributed by atoms with Crippen LogP contribution < -0.4 is 5.32 Å². The average molecular weight is 256 g/mol. The fourth-order valence-corrected chi connectivity index (χ4v) is 2.00. The Kier molecular flexibility index (Phi) is 3.03. The zero-order valence-corrected chi connectivity index (χ0v) is 10.8. The first-order chi connectivity index (χ1) is 9.24. The number of benzene rings is 1. The van der Waals surface area contributed by atoms with Gasteiger partial charge in [0.15, 0.2) is 0 Å². The van der Waals surface area contributed by atoms with E-state index in [1.165, 1.54) is 0 Å². The lowest BCUT2D eigenvalue weighted by molar-refractivity contribution is 0.0929. The van der Waals surface area contributed by atoms with Gasteiger partial charge in [-0.05, 0) is 25.3 Å². The summed E-state index contributed by atoms with van der Waals surface area (Å²) in [6.45, 7) is 1.95. The highest BCUT2D eigenvalue weighted by molar-refractivity contribution is 5.90. The summed E-state index contributed by atoms with van der Waals surface area (Å²) in [5.41, 5.74) is 1.06. The molecular weight excluding hydrogens is 240 g/mol. The first kappa shape index (κ1) is 11.9. The molecule has 1 saturated carbocycles. The van der Waals surface area contributed by atoms with Crippen LogP contribution in [0.25, 0.3) is 0 Å². The van der Waals surface area contributed by atoms with Gasteiger partial charge >= 0.3 is 0 Å². The minimum absolute atomic E-state index is 0.0587. The zero-order chi connectivity index (χ0) is 13.2. The Morgan fingerprint density at radius 3 is 2.79 bits per heavy atom. The van der Waals surface area contributed by atoms with Gasteiger partial charge in [-0.1, -0.05) is 30.3 Å². The molecule has 0 bridgehead atoms. The molecule has 19 heavy (non-hydrogen) atoms. The quantitative estimate of drug-likeness (QED) is 0.880. The molecule has 1 aromatic carbocycles. The minimum Gasteiger partial charge on any atom is -0.343 e. The van der Waals surface area contributed by atoms with Crippen molar-refractivity contribution in [2.45, 2.75) is 31.7 Å². The van der Waals surface area contributed by atoms with Crippen molar-refractivity contribution >= 4 is 5.91 Å². The number of carbonyl (C=O) groups excluding carboxylic acids is 1. The molecule has 5 heteroatoms. The van der Waals surface area contributed by atoms with E-state index in [0.717, 1.165) is 24.2 Å². The number of aromatic nitrogens is 3. The van der Waals surface area contributed by atoms with E-state index < -0.39 is 0 Å². The summed E-state index contributed by atoms with van der Waals surface area (Å²) in [5.74, 6) is 1.29. The third kappa shape index (κ3) is 2.65. The Labute approximate surface area is 111 Å². The minimum atomic E-state index is -0.237. The Hall–Kier alpha value is -2.17. The van der Waals surface area contributed by atoms with Gasteiger partial charge in [0.2, 0.25) is 5.82 Å². The number of hydrogen-bond acceptors (Lipinski definition) is 3. The van der Waals surface area contributed by atoms with Gasteiger partial charge in [0.1, 0.15) is 5.82 Å². The van der Waals surface area contributed by atoms with Gasteiger partial charge in [0, 0.05) is 5.92 Å². The van der Waals surface area contributed by atoms with E-state index >= 15 is 0 Å². The van der Waals surface area contributed by atoms with Gasteiger partial charge in [-0.2, -0.15) is 0 Å². The van der Waals surface area contributed by atoms with Gasteiger partial charge < -0.3 is 5.32 Å². The Balaban J connectivity index is 1.66. The van der Waals surface area contributed by atoms with E-state index in [-0.39, 0.29) is 17.8 Å². The monoisotopic (exact) mass is 256 g/mol. The molecule has 2 aromatic rings. The van der Waals surface area contributed by atoms with E-state index in [1.54, 1.807) is 0 Å². The number of nitrogens with one attached hydrogen (secondary N) is 2. The second kappa shape index (κ2) is 4.84. The number of rotatable bonds is 4. The normalized spacial score (nSPS) is 16.1. The average Bonchev–Trinajstić information content (AvgIpc) is 3.17. The van der Waals surface area contributed by atoms with Crippen LogP contribution in [0, 0.1) is 0 Å². The first-order valence-corrected chi connectivity index (χ1v) is 6.52. The highest BCUT2D eigenvalue weighted by atomic mass is 16.2. The number of H-pyrrole nitrogens is 1. The predicted octanol–water partition coefficient (Wildman–Crippen LogP) is 2.17. The number of amides is 1. The molecule has 0 saturated heterocycles. The van der Waals surface area contributed by atoms with Crippen LogP contribution in [0.3, 0.4) is 0 Å². The topological polar surface area (TPSA) is 70.7 Å². The van der Waals surface area contributed by atoms with Crippen molar-refractivity contribution in [1.82, 2.24) is 20.5 Å². The van der Waals surface area contributed by atoms with Crippen LogP contribution in [0.2, 0.25) is 0 Å². The molecule has 98 valence electrons. The Morgan fingerprint density at radius 2 is 2.11 bits per heavy atom. The largest absolute Gasteiger partial charge is 0.343 e. The van der Waals surface area contributed by atoms with Crippen molar-refractivity contribution in [2.75, 3.05) is 0 Å². The maximum absolute atomic E-state index is 12.0. The van der Waals surface area contributed by atoms with Gasteiger partial charge in [-0.3, -0.25) is 9.89 Å². The van der Waals surface area contributed by atoms with Gasteiger partial charge in [-0.25, -0.2) is 4.98 Å². The van der Waals surface area contributed by atoms with Gasteiger partial charge in [0.25, 0.3) is 5.91 Å². The highest BCUT2D eigenvalue weighted by Crippen LogP contribution is 2.37. The number of nitrogens with zero attached hydrogens (tertiary/aromatic N) is 2. The van der Waals surface area contributed by atoms with E-state index in [9.17, 15) is 4.79 Å². The number of hydrogen-bond donors (Lipinski definition) is 2. The van der Waals surface area contributed by atoms with Crippen molar-refractivity contribution in [3.63, 3.8) is 0 Å². The van der Waals surface area contributed by atoms with Gasteiger partial charge in [0.05, 0.1) is 6.04 Å². The maximum Gasteiger partial charge on any atom is 0.291 e. The van der Waals surface area contributed by atoms with Crippen molar-refractivity contribution in [3.05, 3.63) is 47.5 Å². The lowest BCUT2D eigenvalue weighted by atomic mass is 10.1. The van der Waals surface area contributed by atoms with Gasteiger partial charge in [-0.15, -0.1) is 5.10 Å². The summed E-state index contributed by atoms with van der Waals surface area (Å²) in [5, 5.41) is 9.72. The van der Waals surface area contributed by atoms with Crippen molar-refractivity contribution < 1.29 is 4.79 Å². The molecule has 1 heterocycles. The standard InChI is InChI=1S/C14H16N4O/c1-9(10-5-3-2-4-6-10)15-14(19)13-16-12(17-18-13)11-7-8-11/h2-6,9,11H,7-8H2,1H3,(H,15,19)(H,16,17,18). The molecule has 1 aliphatic rings. The molecule has 3 rings (SSSR count). The van der Waals surface area contributed by atoms with E-state index in [1.807, 2.05) is 37.3 Å². The molecule has 5 nitrogen and oxygen atoms in total. The van der Waals surface area contributed by atoms with Crippen LogP contribution >= 0.6 is 0 Å². The first-order valence-electron chi connectivity index (χ1n) is 6.52. The fraction of sp³-hybridized carbons (Fsp3) is 0.357. The molecule has 0 spiro atoms. The molecule has 2 N–H and O–H groups in total. The highest BCUT2D eigenvalue weighted by Gasteiger charge is 2.28. The summed E-state index contributed by atoms with van der Waals surface area (Å²) in [4.78, 5) is 16.3. The molecule has 0 radical (unpaired) electrons.